The van der Waals surface area contributed by atoms with Gasteiger partial charge in [-0.05, 0) is 38.3 Å². The highest BCUT2D eigenvalue weighted by atomic mass is 16.5. The predicted octanol–water partition coefficient (Wildman–Crippen LogP) is 3.37. The molecule has 106 valence electrons. The van der Waals surface area contributed by atoms with Gasteiger partial charge in [-0.15, -0.1) is 0 Å². The highest BCUT2D eigenvalue weighted by Crippen LogP contribution is 2.34. The molecule has 0 heterocycles. The first-order valence-corrected chi connectivity index (χ1v) is 7.43. The van der Waals surface area contributed by atoms with Crippen molar-refractivity contribution in [3.05, 3.63) is 23.8 Å². The Kier molecular flexibility index (Phi) is 5.52. The third-order valence-corrected chi connectivity index (χ3v) is 3.61. The Labute approximate surface area is 116 Å². The molecule has 0 saturated heterocycles. The Morgan fingerprint density at radius 1 is 1.21 bits per heavy atom. The summed E-state index contributed by atoms with van der Waals surface area (Å²) in [6.07, 6.45) is 3.96. The van der Waals surface area contributed by atoms with Gasteiger partial charge in [0, 0.05) is 12.1 Å². The Morgan fingerprint density at radius 3 is 2.68 bits per heavy atom. The molecular weight excluding hydrogens is 238 g/mol. The average Bonchev–Trinajstić information content (AvgIpc) is 2.37. The van der Waals surface area contributed by atoms with Crippen LogP contribution in [0.15, 0.2) is 18.2 Å². The van der Waals surface area contributed by atoms with Crippen LogP contribution in [0.3, 0.4) is 0 Å². The van der Waals surface area contributed by atoms with Crippen LogP contribution in [0.1, 0.15) is 38.7 Å². The first-order valence-electron chi connectivity index (χ1n) is 7.43. The van der Waals surface area contributed by atoms with Gasteiger partial charge in [0.25, 0.3) is 0 Å². The molecule has 0 amide bonds. The van der Waals surface area contributed by atoms with Crippen LogP contribution in [0.25, 0.3) is 0 Å². The van der Waals surface area contributed by atoms with Gasteiger partial charge in [-0.25, -0.2) is 0 Å². The summed E-state index contributed by atoms with van der Waals surface area (Å²) < 4.78 is 11.7. The van der Waals surface area contributed by atoms with Gasteiger partial charge in [0.2, 0.25) is 0 Å². The van der Waals surface area contributed by atoms with Crippen LogP contribution in [0.4, 0.5) is 0 Å². The standard InChI is InChI=1S/C16H25NO2/c1-3-17-11-14-9-6-10-15(18-4-2)16(14)19-12-13-7-5-8-13/h6,9-10,13,17H,3-5,7-8,11-12H2,1-2H3. The molecule has 1 aliphatic carbocycles. The molecule has 0 atom stereocenters. The SMILES string of the molecule is CCNCc1cccc(OCC)c1OCC1CCC1. The van der Waals surface area contributed by atoms with Crippen molar-refractivity contribution in [1.82, 2.24) is 5.32 Å². The lowest BCUT2D eigenvalue weighted by atomic mass is 9.86. The molecular formula is C16H25NO2. The number of ether oxygens (including phenoxy) is 2. The van der Waals surface area contributed by atoms with E-state index in [-0.39, 0.29) is 0 Å². The van der Waals surface area contributed by atoms with Gasteiger partial charge >= 0.3 is 0 Å². The lowest BCUT2D eigenvalue weighted by Gasteiger charge is -2.26. The maximum Gasteiger partial charge on any atom is 0.165 e. The van der Waals surface area contributed by atoms with Crippen LogP contribution in [0.5, 0.6) is 11.5 Å². The predicted molar refractivity (Wildman–Crippen MR) is 77.8 cm³/mol. The molecule has 19 heavy (non-hydrogen) atoms. The van der Waals surface area contributed by atoms with Crippen molar-refractivity contribution < 1.29 is 9.47 Å². The summed E-state index contributed by atoms with van der Waals surface area (Å²) in [4.78, 5) is 0. The molecule has 3 nitrogen and oxygen atoms in total. The first-order chi connectivity index (χ1) is 9.35. The van der Waals surface area contributed by atoms with Crippen molar-refractivity contribution in [2.75, 3.05) is 19.8 Å². The summed E-state index contributed by atoms with van der Waals surface area (Å²) in [6.45, 7) is 7.40. The highest BCUT2D eigenvalue weighted by molar-refractivity contribution is 5.46. The van der Waals surface area contributed by atoms with E-state index in [1.54, 1.807) is 0 Å². The second-order valence-electron chi connectivity index (χ2n) is 5.07. The van der Waals surface area contributed by atoms with Crippen LogP contribution in [0, 0.1) is 5.92 Å². The molecule has 0 spiro atoms. The van der Waals surface area contributed by atoms with Gasteiger partial charge in [0.15, 0.2) is 11.5 Å². The van der Waals surface area contributed by atoms with E-state index in [2.05, 4.69) is 18.3 Å². The highest BCUT2D eigenvalue weighted by Gasteiger charge is 2.19. The summed E-state index contributed by atoms with van der Waals surface area (Å²) in [5.74, 6) is 2.54. The molecule has 0 unspecified atom stereocenters. The summed E-state index contributed by atoms with van der Waals surface area (Å²) >= 11 is 0. The van der Waals surface area contributed by atoms with Crippen molar-refractivity contribution in [3.8, 4) is 11.5 Å². The summed E-state index contributed by atoms with van der Waals surface area (Å²) in [7, 11) is 0. The fourth-order valence-electron chi connectivity index (χ4n) is 2.25. The Balaban J connectivity index is 2.08. The van der Waals surface area contributed by atoms with E-state index >= 15 is 0 Å². The van der Waals surface area contributed by atoms with Crippen molar-refractivity contribution in [2.45, 2.75) is 39.7 Å². The maximum atomic E-state index is 6.06. The van der Waals surface area contributed by atoms with Crippen LogP contribution < -0.4 is 14.8 Å². The second kappa shape index (κ2) is 7.39. The average molecular weight is 263 g/mol. The van der Waals surface area contributed by atoms with E-state index in [4.69, 9.17) is 9.47 Å². The second-order valence-corrected chi connectivity index (χ2v) is 5.07. The van der Waals surface area contributed by atoms with Crippen LogP contribution >= 0.6 is 0 Å². The smallest absolute Gasteiger partial charge is 0.165 e. The molecule has 0 radical (unpaired) electrons. The topological polar surface area (TPSA) is 30.5 Å². The van der Waals surface area contributed by atoms with E-state index in [9.17, 15) is 0 Å². The zero-order valence-corrected chi connectivity index (χ0v) is 12.1. The molecule has 1 fully saturated rings. The quantitative estimate of drug-likeness (QED) is 0.780. The molecule has 0 bridgehead atoms. The first kappa shape index (κ1) is 14.2. The molecule has 1 aromatic carbocycles. The van der Waals surface area contributed by atoms with Crippen LogP contribution in [-0.2, 0) is 6.54 Å². The summed E-state index contributed by atoms with van der Waals surface area (Å²) in [5, 5.41) is 3.35. The lowest BCUT2D eigenvalue weighted by molar-refractivity contribution is 0.172. The minimum atomic E-state index is 0.671. The fourth-order valence-corrected chi connectivity index (χ4v) is 2.25. The summed E-state index contributed by atoms with van der Waals surface area (Å²) in [6, 6.07) is 6.14. The molecule has 0 aliphatic heterocycles. The Bertz CT molecular complexity index is 388. The van der Waals surface area contributed by atoms with E-state index in [1.807, 2.05) is 19.1 Å². The fraction of sp³-hybridized carbons (Fsp3) is 0.625. The van der Waals surface area contributed by atoms with Crippen molar-refractivity contribution >= 4 is 0 Å². The molecule has 2 rings (SSSR count). The third-order valence-electron chi connectivity index (χ3n) is 3.61. The monoisotopic (exact) mass is 263 g/mol. The van der Waals surface area contributed by atoms with Gasteiger partial charge < -0.3 is 14.8 Å². The zero-order valence-electron chi connectivity index (χ0n) is 12.1. The maximum absolute atomic E-state index is 6.06. The zero-order chi connectivity index (χ0) is 13.5. The number of rotatable bonds is 8. The van der Waals surface area contributed by atoms with E-state index in [0.717, 1.165) is 37.1 Å². The van der Waals surface area contributed by atoms with Gasteiger partial charge in [-0.2, -0.15) is 0 Å². The number of nitrogens with one attached hydrogen (secondary N) is 1. The van der Waals surface area contributed by atoms with Gasteiger partial charge in [0.1, 0.15) is 0 Å². The van der Waals surface area contributed by atoms with Crippen LogP contribution in [-0.4, -0.2) is 19.8 Å². The van der Waals surface area contributed by atoms with Crippen molar-refractivity contribution in [1.29, 1.82) is 0 Å². The van der Waals surface area contributed by atoms with Crippen LogP contribution in [0.2, 0.25) is 0 Å². The molecule has 1 aromatic rings. The number of benzene rings is 1. The minimum absolute atomic E-state index is 0.671. The minimum Gasteiger partial charge on any atom is -0.490 e. The Hall–Kier alpha value is -1.22. The normalized spacial score (nSPS) is 15.1. The molecule has 1 N–H and O–H groups in total. The Morgan fingerprint density at radius 2 is 2.05 bits per heavy atom. The number of para-hydroxylation sites is 1. The number of hydrogen-bond acceptors (Lipinski definition) is 3. The summed E-state index contributed by atoms with van der Waals surface area (Å²) in [5.41, 5.74) is 1.19. The third kappa shape index (κ3) is 3.87. The van der Waals surface area contributed by atoms with Crippen molar-refractivity contribution in [3.63, 3.8) is 0 Å². The molecule has 3 heteroatoms. The van der Waals surface area contributed by atoms with Gasteiger partial charge in [0.05, 0.1) is 13.2 Å². The lowest BCUT2D eigenvalue weighted by Crippen LogP contribution is -2.20. The van der Waals surface area contributed by atoms with Gasteiger partial charge in [-0.3, -0.25) is 0 Å². The van der Waals surface area contributed by atoms with E-state index in [1.165, 1.54) is 24.8 Å². The molecule has 0 aromatic heterocycles. The van der Waals surface area contributed by atoms with Gasteiger partial charge in [-0.1, -0.05) is 25.5 Å². The molecule has 1 saturated carbocycles. The van der Waals surface area contributed by atoms with Crippen molar-refractivity contribution in [2.24, 2.45) is 5.92 Å². The molecule has 1 aliphatic rings. The largest absolute Gasteiger partial charge is 0.490 e. The van der Waals surface area contributed by atoms with E-state index < -0.39 is 0 Å². The van der Waals surface area contributed by atoms with E-state index in [0.29, 0.717) is 6.61 Å². The number of hydrogen-bond donors (Lipinski definition) is 1.